The second-order valence-corrected chi connectivity index (χ2v) is 7.72. The molecule has 0 amide bonds. The van der Waals surface area contributed by atoms with Crippen LogP contribution in [0.4, 0.5) is 5.95 Å². The molecule has 4 rings (SSSR count). The van der Waals surface area contributed by atoms with E-state index in [4.69, 9.17) is 13.9 Å². The Morgan fingerprint density at radius 2 is 1.56 bits per heavy atom. The third kappa shape index (κ3) is 4.27. The minimum Gasteiger partial charge on any atom is -0.493 e. The molecule has 7 nitrogen and oxygen atoms in total. The van der Waals surface area contributed by atoms with E-state index in [1.165, 1.54) is 0 Å². The quantitative estimate of drug-likeness (QED) is 0.445. The van der Waals surface area contributed by atoms with Gasteiger partial charge in [-0.05, 0) is 69.2 Å². The molecular weight excluding hydrogens is 404 g/mol. The normalized spacial score (nSPS) is 11.6. The summed E-state index contributed by atoms with van der Waals surface area (Å²) in [5, 5.41) is 6.27. The number of aromatic nitrogens is 2. The zero-order valence-electron chi connectivity index (χ0n) is 19.1. The number of rotatable bonds is 5. The van der Waals surface area contributed by atoms with Gasteiger partial charge >= 0.3 is 0 Å². The Hall–Kier alpha value is -3.87. The maximum Gasteiger partial charge on any atom is 0.243 e. The van der Waals surface area contributed by atoms with Crippen molar-refractivity contribution in [1.29, 1.82) is 0 Å². The smallest absolute Gasteiger partial charge is 0.243 e. The van der Waals surface area contributed by atoms with E-state index in [1.807, 2.05) is 51.1 Å². The van der Waals surface area contributed by atoms with Crippen LogP contribution in [0.5, 0.6) is 11.5 Å². The summed E-state index contributed by atoms with van der Waals surface area (Å²) in [7, 11) is 3.22. The van der Waals surface area contributed by atoms with E-state index in [0.29, 0.717) is 23.2 Å². The van der Waals surface area contributed by atoms with E-state index in [2.05, 4.69) is 39.6 Å². The molecular formula is C25H26N4O3. The summed E-state index contributed by atoms with van der Waals surface area (Å²) in [6.45, 7) is 7.94. The SMILES string of the molecule is COc1ccc(-c2cc(=NNc3nc(C)cc(C)n3)c3cc(C)cc(C)c3o2)cc1OC. The summed E-state index contributed by atoms with van der Waals surface area (Å²) in [4.78, 5) is 8.83. The van der Waals surface area contributed by atoms with Crippen LogP contribution in [0.2, 0.25) is 0 Å². The van der Waals surface area contributed by atoms with E-state index in [-0.39, 0.29) is 0 Å². The molecule has 0 saturated carbocycles. The lowest BCUT2D eigenvalue weighted by Crippen LogP contribution is -2.10. The summed E-state index contributed by atoms with van der Waals surface area (Å²) in [5.41, 5.74) is 8.54. The van der Waals surface area contributed by atoms with Gasteiger partial charge in [-0.15, -0.1) is 0 Å². The molecule has 0 atom stereocenters. The number of benzene rings is 2. The monoisotopic (exact) mass is 430 g/mol. The lowest BCUT2D eigenvalue weighted by atomic mass is 10.1. The Morgan fingerprint density at radius 1 is 0.844 bits per heavy atom. The molecule has 2 aromatic carbocycles. The Balaban J connectivity index is 1.91. The Bertz CT molecular complexity index is 1360. The highest BCUT2D eigenvalue weighted by molar-refractivity contribution is 5.82. The minimum atomic E-state index is 0.452. The molecule has 2 heterocycles. The van der Waals surface area contributed by atoms with Crippen LogP contribution >= 0.6 is 0 Å². The highest BCUT2D eigenvalue weighted by Crippen LogP contribution is 2.33. The first kappa shape index (κ1) is 21.4. The summed E-state index contributed by atoms with van der Waals surface area (Å²) < 4.78 is 17.1. The van der Waals surface area contributed by atoms with Gasteiger partial charge in [-0.1, -0.05) is 6.07 Å². The van der Waals surface area contributed by atoms with Crippen molar-refractivity contribution in [2.24, 2.45) is 5.10 Å². The van der Waals surface area contributed by atoms with Crippen LogP contribution in [-0.2, 0) is 0 Å². The summed E-state index contributed by atoms with van der Waals surface area (Å²) in [6, 6.07) is 13.6. The Kier molecular flexibility index (Phi) is 5.81. The number of nitrogens with zero attached hydrogens (tertiary/aromatic N) is 3. The Morgan fingerprint density at radius 3 is 2.25 bits per heavy atom. The van der Waals surface area contributed by atoms with Crippen molar-refractivity contribution >= 4 is 16.9 Å². The average molecular weight is 431 g/mol. The molecule has 0 aliphatic carbocycles. The molecule has 32 heavy (non-hydrogen) atoms. The van der Waals surface area contributed by atoms with Gasteiger partial charge in [-0.25, -0.2) is 15.4 Å². The van der Waals surface area contributed by atoms with Crippen molar-refractivity contribution in [2.45, 2.75) is 27.7 Å². The van der Waals surface area contributed by atoms with Gasteiger partial charge in [0.2, 0.25) is 5.95 Å². The van der Waals surface area contributed by atoms with E-state index in [0.717, 1.165) is 44.4 Å². The molecule has 0 radical (unpaired) electrons. The zero-order valence-corrected chi connectivity index (χ0v) is 19.1. The largest absolute Gasteiger partial charge is 0.493 e. The molecule has 0 bridgehead atoms. The molecule has 0 aliphatic heterocycles. The van der Waals surface area contributed by atoms with Crippen LogP contribution < -0.4 is 20.3 Å². The molecule has 164 valence electrons. The number of anilines is 1. The number of nitrogens with one attached hydrogen (secondary N) is 1. The van der Waals surface area contributed by atoms with Crippen molar-refractivity contribution in [1.82, 2.24) is 9.97 Å². The van der Waals surface area contributed by atoms with Gasteiger partial charge in [0.1, 0.15) is 11.3 Å². The van der Waals surface area contributed by atoms with Crippen LogP contribution in [0, 0.1) is 27.7 Å². The maximum atomic E-state index is 6.32. The lowest BCUT2D eigenvalue weighted by Gasteiger charge is -2.11. The van der Waals surface area contributed by atoms with E-state index < -0.39 is 0 Å². The molecule has 0 aliphatic rings. The first-order valence-corrected chi connectivity index (χ1v) is 10.3. The van der Waals surface area contributed by atoms with Crippen molar-refractivity contribution in [3.8, 4) is 22.8 Å². The second kappa shape index (κ2) is 8.70. The first-order valence-electron chi connectivity index (χ1n) is 10.3. The van der Waals surface area contributed by atoms with Gasteiger partial charge < -0.3 is 13.9 Å². The van der Waals surface area contributed by atoms with Gasteiger partial charge in [0, 0.05) is 28.4 Å². The van der Waals surface area contributed by atoms with Crippen LogP contribution in [0.3, 0.4) is 0 Å². The van der Waals surface area contributed by atoms with Gasteiger partial charge in [0.15, 0.2) is 11.5 Å². The highest BCUT2D eigenvalue weighted by atomic mass is 16.5. The second-order valence-electron chi connectivity index (χ2n) is 7.72. The topological polar surface area (TPSA) is 81.8 Å². The zero-order chi connectivity index (χ0) is 22.8. The first-order chi connectivity index (χ1) is 15.4. The third-order valence-electron chi connectivity index (χ3n) is 5.10. The number of fused-ring (bicyclic) bond motifs is 1. The molecule has 7 heteroatoms. The average Bonchev–Trinajstić information content (AvgIpc) is 2.76. The fraction of sp³-hybridized carbons (Fsp3) is 0.240. The number of ether oxygens (including phenoxy) is 2. The summed E-state index contributed by atoms with van der Waals surface area (Å²) >= 11 is 0. The number of methoxy groups -OCH3 is 2. The van der Waals surface area contributed by atoms with Crippen molar-refractivity contribution in [2.75, 3.05) is 19.6 Å². The van der Waals surface area contributed by atoms with Gasteiger partial charge in [0.05, 0.1) is 19.6 Å². The molecule has 0 unspecified atom stereocenters. The molecule has 4 aromatic rings. The van der Waals surface area contributed by atoms with Crippen LogP contribution in [0.25, 0.3) is 22.3 Å². The Labute approximate surface area is 186 Å². The predicted octanol–water partition coefficient (Wildman–Crippen LogP) is 5.07. The number of hydrogen-bond donors (Lipinski definition) is 1. The van der Waals surface area contributed by atoms with Gasteiger partial charge in [-0.2, -0.15) is 5.10 Å². The summed E-state index contributed by atoms with van der Waals surface area (Å²) in [5.74, 6) is 2.39. The van der Waals surface area contributed by atoms with Gasteiger partial charge in [-0.3, -0.25) is 0 Å². The fourth-order valence-corrected chi connectivity index (χ4v) is 3.73. The maximum absolute atomic E-state index is 6.32. The third-order valence-corrected chi connectivity index (χ3v) is 5.10. The number of aryl methyl sites for hydroxylation is 4. The molecule has 0 spiro atoms. The van der Waals surface area contributed by atoms with E-state index in [9.17, 15) is 0 Å². The number of hydrogen-bond acceptors (Lipinski definition) is 7. The standard InChI is InChI=1S/C25H26N4O3/c1-14-9-15(2)24-19(10-14)20(28-29-25-26-16(3)11-17(4)27-25)13-22(32-24)18-7-8-21(30-5)23(12-18)31-6/h7-13H,1-6H3,(H,26,27,29). The minimum absolute atomic E-state index is 0.452. The van der Waals surface area contributed by atoms with Crippen LogP contribution in [0.15, 0.2) is 52.0 Å². The highest BCUT2D eigenvalue weighted by Gasteiger charge is 2.12. The molecule has 0 saturated heterocycles. The van der Waals surface area contributed by atoms with Crippen LogP contribution in [0.1, 0.15) is 22.5 Å². The fourth-order valence-electron chi connectivity index (χ4n) is 3.73. The van der Waals surface area contributed by atoms with Crippen LogP contribution in [-0.4, -0.2) is 24.2 Å². The molecule has 1 N–H and O–H groups in total. The van der Waals surface area contributed by atoms with Crippen molar-refractivity contribution in [3.63, 3.8) is 0 Å². The van der Waals surface area contributed by atoms with Crippen molar-refractivity contribution in [3.05, 3.63) is 70.3 Å². The summed E-state index contributed by atoms with van der Waals surface area (Å²) in [6.07, 6.45) is 0. The lowest BCUT2D eigenvalue weighted by molar-refractivity contribution is 0.355. The predicted molar refractivity (Wildman–Crippen MR) is 125 cm³/mol. The van der Waals surface area contributed by atoms with Crippen molar-refractivity contribution < 1.29 is 13.9 Å². The molecule has 0 fully saturated rings. The van der Waals surface area contributed by atoms with Gasteiger partial charge in [0.25, 0.3) is 0 Å². The van der Waals surface area contributed by atoms with E-state index in [1.54, 1.807) is 14.2 Å². The van der Waals surface area contributed by atoms with E-state index >= 15 is 0 Å². The molecule has 2 aromatic heterocycles.